The van der Waals surface area contributed by atoms with E-state index in [0.29, 0.717) is 0 Å². The predicted octanol–water partition coefficient (Wildman–Crippen LogP) is 1.79. The smallest absolute Gasteiger partial charge is 0.394 e. The highest BCUT2D eigenvalue weighted by atomic mass is 19.4. The number of nitrogens with one attached hydrogen (secondary N) is 1. The van der Waals surface area contributed by atoms with E-state index in [0.717, 1.165) is 36.6 Å². The Morgan fingerprint density at radius 2 is 1.96 bits per heavy atom. The van der Waals surface area contributed by atoms with Gasteiger partial charge >= 0.3 is 6.18 Å². The number of aromatic nitrogens is 4. The van der Waals surface area contributed by atoms with E-state index in [1.807, 2.05) is 0 Å². The van der Waals surface area contributed by atoms with Crippen LogP contribution in [0.5, 0.6) is 0 Å². The van der Waals surface area contributed by atoms with Crippen molar-refractivity contribution in [2.75, 3.05) is 11.9 Å². The van der Waals surface area contributed by atoms with Gasteiger partial charge in [0.15, 0.2) is 29.4 Å². The Morgan fingerprint density at radius 3 is 2.57 bits per heavy atom. The van der Waals surface area contributed by atoms with E-state index in [9.17, 15) is 27.8 Å². The molecular formula is C16H19F4N5O3. The Balaban J connectivity index is 1.78. The van der Waals surface area contributed by atoms with Crippen molar-refractivity contribution in [2.24, 2.45) is 0 Å². The van der Waals surface area contributed by atoms with Gasteiger partial charge in [0.2, 0.25) is 5.82 Å². The summed E-state index contributed by atoms with van der Waals surface area (Å²) in [6, 6.07) is -0.0263. The second-order valence-corrected chi connectivity index (χ2v) is 7.03. The van der Waals surface area contributed by atoms with Crippen LogP contribution in [0.2, 0.25) is 0 Å². The largest absolute Gasteiger partial charge is 0.451 e. The van der Waals surface area contributed by atoms with Crippen LogP contribution in [-0.2, 0) is 10.9 Å². The molecule has 0 spiro atoms. The summed E-state index contributed by atoms with van der Waals surface area (Å²) >= 11 is 0. The molecule has 154 valence electrons. The molecule has 1 unspecified atom stereocenters. The predicted molar refractivity (Wildman–Crippen MR) is 88.1 cm³/mol. The molecule has 1 aliphatic carbocycles. The van der Waals surface area contributed by atoms with Gasteiger partial charge in [0.25, 0.3) is 0 Å². The molecule has 8 nitrogen and oxygen atoms in total. The van der Waals surface area contributed by atoms with Crippen molar-refractivity contribution in [2.45, 2.75) is 62.5 Å². The lowest BCUT2D eigenvalue weighted by atomic mass is 10.1. The third-order valence-electron chi connectivity index (χ3n) is 5.12. The SMILES string of the molecule is OC[C@H]1O[C@@H](n2cnc3c(NC4CCCC4)nc(C(F)(F)F)nc32)[C@H](F)C1O. The minimum absolute atomic E-state index is 0.0263. The number of nitrogens with zero attached hydrogens (tertiary/aromatic N) is 4. The van der Waals surface area contributed by atoms with Gasteiger partial charge in [0, 0.05) is 6.04 Å². The molecule has 4 rings (SSSR count). The maximum Gasteiger partial charge on any atom is 0.451 e. The second kappa shape index (κ2) is 7.08. The number of ether oxygens (including phenoxy) is 1. The number of aliphatic hydroxyl groups excluding tert-OH is 2. The fraction of sp³-hybridized carbons (Fsp3) is 0.688. The maximum absolute atomic E-state index is 14.5. The van der Waals surface area contributed by atoms with E-state index in [2.05, 4.69) is 20.3 Å². The van der Waals surface area contributed by atoms with Crippen molar-refractivity contribution in [3.8, 4) is 0 Å². The zero-order chi connectivity index (χ0) is 20.1. The number of alkyl halides is 4. The first kappa shape index (κ1) is 19.3. The van der Waals surface area contributed by atoms with E-state index in [1.54, 1.807) is 0 Å². The summed E-state index contributed by atoms with van der Waals surface area (Å²) in [5.41, 5.74) is -0.209. The molecule has 0 bridgehead atoms. The maximum atomic E-state index is 14.5. The molecule has 1 aliphatic heterocycles. The first-order valence-corrected chi connectivity index (χ1v) is 8.96. The highest BCUT2D eigenvalue weighted by molar-refractivity contribution is 5.83. The van der Waals surface area contributed by atoms with Gasteiger partial charge in [-0.2, -0.15) is 13.2 Å². The first-order chi connectivity index (χ1) is 13.3. The third kappa shape index (κ3) is 3.29. The fourth-order valence-corrected chi connectivity index (χ4v) is 3.67. The Hall–Kier alpha value is -2.05. The third-order valence-corrected chi connectivity index (χ3v) is 5.12. The van der Waals surface area contributed by atoms with Crippen LogP contribution in [0.15, 0.2) is 6.33 Å². The molecule has 28 heavy (non-hydrogen) atoms. The summed E-state index contributed by atoms with van der Waals surface area (Å²) in [5.74, 6) is -1.45. The van der Waals surface area contributed by atoms with Crippen LogP contribution in [0.25, 0.3) is 11.2 Å². The normalized spacial score (nSPS) is 29.1. The number of rotatable bonds is 4. The minimum atomic E-state index is -4.81. The fourth-order valence-electron chi connectivity index (χ4n) is 3.67. The van der Waals surface area contributed by atoms with Crippen molar-refractivity contribution in [1.29, 1.82) is 0 Å². The molecule has 2 aromatic rings. The average Bonchev–Trinajstić information content (AvgIpc) is 3.35. The molecule has 2 aliphatic rings. The Kier molecular flexibility index (Phi) is 4.88. The number of hydrogen-bond donors (Lipinski definition) is 3. The number of anilines is 1. The van der Waals surface area contributed by atoms with E-state index in [4.69, 9.17) is 4.74 Å². The minimum Gasteiger partial charge on any atom is -0.394 e. The van der Waals surface area contributed by atoms with Crippen LogP contribution in [0.3, 0.4) is 0 Å². The van der Waals surface area contributed by atoms with Gasteiger partial charge in [-0.15, -0.1) is 0 Å². The van der Waals surface area contributed by atoms with Crippen LogP contribution < -0.4 is 5.32 Å². The van der Waals surface area contributed by atoms with Crippen molar-refractivity contribution in [1.82, 2.24) is 19.5 Å². The molecule has 4 atom stereocenters. The summed E-state index contributed by atoms with van der Waals surface area (Å²) < 4.78 is 60.7. The van der Waals surface area contributed by atoms with Crippen molar-refractivity contribution < 1.29 is 32.5 Å². The summed E-state index contributed by atoms with van der Waals surface area (Å²) in [7, 11) is 0. The van der Waals surface area contributed by atoms with E-state index in [1.165, 1.54) is 0 Å². The van der Waals surface area contributed by atoms with Crippen molar-refractivity contribution in [3.63, 3.8) is 0 Å². The van der Waals surface area contributed by atoms with Crippen molar-refractivity contribution in [3.05, 3.63) is 12.2 Å². The van der Waals surface area contributed by atoms with Gasteiger partial charge in [0.05, 0.1) is 12.9 Å². The summed E-state index contributed by atoms with van der Waals surface area (Å²) in [4.78, 5) is 11.2. The standard InChI is InChI=1S/C16H19F4N5O3/c17-9-11(27)8(5-26)28-14(9)25-6-21-10-12(22-7-3-1-2-4-7)23-15(16(18,19)20)24-13(10)25/h6-9,11,14,26-27H,1-5H2,(H,22,23,24)/t8-,9-,11?,14-/m1/s1. The van der Waals surface area contributed by atoms with Crippen LogP contribution >= 0.6 is 0 Å². The number of aliphatic hydroxyl groups is 2. The highest BCUT2D eigenvalue weighted by Gasteiger charge is 2.46. The molecule has 1 saturated heterocycles. The molecule has 3 heterocycles. The van der Waals surface area contributed by atoms with E-state index >= 15 is 0 Å². The van der Waals surface area contributed by atoms with E-state index < -0.39 is 43.2 Å². The van der Waals surface area contributed by atoms with Gasteiger partial charge in [0.1, 0.15) is 12.2 Å². The molecular weight excluding hydrogens is 386 g/mol. The number of fused-ring (bicyclic) bond motifs is 1. The lowest BCUT2D eigenvalue weighted by Crippen LogP contribution is -2.30. The van der Waals surface area contributed by atoms with Gasteiger partial charge < -0.3 is 20.3 Å². The van der Waals surface area contributed by atoms with E-state index in [-0.39, 0.29) is 23.0 Å². The Bertz CT molecular complexity index is 855. The zero-order valence-electron chi connectivity index (χ0n) is 14.6. The second-order valence-electron chi connectivity index (χ2n) is 7.03. The quantitative estimate of drug-likeness (QED) is 0.666. The summed E-state index contributed by atoms with van der Waals surface area (Å²) in [6.45, 7) is -0.637. The number of hydrogen-bond acceptors (Lipinski definition) is 7. The number of imidazole rings is 1. The number of halogens is 4. The van der Waals surface area contributed by atoms with Crippen LogP contribution in [0, 0.1) is 0 Å². The lowest BCUT2D eigenvalue weighted by Gasteiger charge is -2.17. The summed E-state index contributed by atoms with van der Waals surface area (Å²) in [6.07, 6.45) is -6.43. The molecule has 1 saturated carbocycles. The molecule has 12 heteroatoms. The Morgan fingerprint density at radius 1 is 1.25 bits per heavy atom. The van der Waals surface area contributed by atoms with Gasteiger partial charge in [-0.3, -0.25) is 4.57 Å². The van der Waals surface area contributed by atoms with Crippen molar-refractivity contribution >= 4 is 17.0 Å². The zero-order valence-corrected chi connectivity index (χ0v) is 14.6. The van der Waals surface area contributed by atoms with Crippen LogP contribution in [0.1, 0.15) is 37.7 Å². The molecule has 0 amide bonds. The van der Waals surface area contributed by atoms with Gasteiger partial charge in [-0.25, -0.2) is 19.3 Å². The molecule has 3 N–H and O–H groups in total. The highest BCUT2D eigenvalue weighted by Crippen LogP contribution is 2.36. The molecule has 0 aromatic carbocycles. The molecule has 0 radical (unpaired) electrons. The van der Waals surface area contributed by atoms with Gasteiger partial charge in [-0.1, -0.05) is 12.8 Å². The molecule has 2 aromatic heterocycles. The topological polar surface area (TPSA) is 105 Å². The first-order valence-electron chi connectivity index (χ1n) is 8.96. The molecule has 2 fully saturated rings. The monoisotopic (exact) mass is 405 g/mol. The average molecular weight is 405 g/mol. The van der Waals surface area contributed by atoms with Crippen LogP contribution in [-0.4, -0.2) is 60.8 Å². The van der Waals surface area contributed by atoms with Gasteiger partial charge in [-0.05, 0) is 12.8 Å². The van der Waals surface area contributed by atoms with Crippen LogP contribution in [0.4, 0.5) is 23.4 Å². The Labute approximate surface area is 156 Å². The summed E-state index contributed by atoms with van der Waals surface area (Å²) in [5, 5.41) is 22.0. The lowest BCUT2D eigenvalue weighted by molar-refractivity contribution is -0.144.